The Morgan fingerprint density at radius 2 is 2.14 bits per heavy atom. The minimum absolute atomic E-state index is 0.0310. The SMILES string of the molecule is O=C(NCCO)N(S)CC1CCCC1. The van der Waals surface area contributed by atoms with Gasteiger partial charge in [0.1, 0.15) is 0 Å². The fraction of sp³-hybridized carbons (Fsp3) is 0.889. The summed E-state index contributed by atoms with van der Waals surface area (Å²) in [5.41, 5.74) is 0. The lowest BCUT2D eigenvalue weighted by Crippen LogP contribution is -2.37. The molecule has 2 amide bonds. The summed E-state index contributed by atoms with van der Waals surface area (Å²) in [4.78, 5) is 11.3. The van der Waals surface area contributed by atoms with Crippen molar-refractivity contribution in [3.8, 4) is 0 Å². The normalized spacial score (nSPS) is 17.0. The number of carbonyl (C=O) groups excluding carboxylic acids is 1. The van der Waals surface area contributed by atoms with E-state index in [1.807, 2.05) is 0 Å². The standard InChI is InChI=1S/C9H18N2O2S/c12-6-5-10-9(13)11(14)7-8-3-1-2-4-8/h8,12,14H,1-7H2,(H,10,13). The zero-order valence-electron chi connectivity index (χ0n) is 8.28. The molecule has 14 heavy (non-hydrogen) atoms. The third-order valence-electron chi connectivity index (χ3n) is 2.53. The molecule has 0 unspecified atom stereocenters. The number of carbonyl (C=O) groups is 1. The van der Waals surface area contributed by atoms with E-state index in [2.05, 4.69) is 18.1 Å². The molecule has 82 valence electrons. The van der Waals surface area contributed by atoms with Crippen molar-refractivity contribution in [2.75, 3.05) is 19.7 Å². The van der Waals surface area contributed by atoms with Crippen LogP contribution in [0.3, 0.4) is 0 Å². The molecule has 1 saturated carbocycles. The molecular weight excluding hydrogens is 200 g/mol. The number of thiol groups is 1. The van der Waals surface area contributed by atoms with Crippen molar-refractivity contribution in [1.29, 1.82) is 0 Å². The second-order valence-corrected chi connectivity index (χ2v) is 4.17. The Balaban J connectivity index is 2.18. The maximum atomic E-state index is 11.3. The van der Waals surface area contributed by atoms with Crippen LogP contribution in [0.15, 0.2) is 0 Å². The maximum absolute atomic E-state index is 11.3. The summed E-state index contributed by atoms with van der Waals surface area (Å²) in [6.45, 7) is 0.970. The second kappa shape index (κ2) is 6.14. The van der Waals surface area contributed by atoms with Gasteiger partial charge in [0.15, 0.2) is 0 Å². The van der Waals surface area contributed by atoms with Crippen molar-refractivity contribution in [2.24, 2.45) is 5.92 Å². The van der Waals surface area contributed by atoms with Crippen LogP contribution in [0, 0.1) is 5.92 Å². The lowest BCUT2D eigenvalue weighted by molar-refractivity contribution is 0.216. The zero-order chi connectivity index (χ0) is 10.4. The molecule has 1 rings (SSSR count). The molecule has 5 heteroatoms. The van der Waals surface area contributed by atoms with E-state index in [9.17, 15) is 4.79 Å². The molecule has 0 aromatic rings. The van der Waals surface area contributed by atoms with E-state index in [-0.39, 0.29) is 12.6 Å². The average molecular weight is 218 g/mol. The molecule has 1 aliphatic rings. The van der Waals surface area contributed by atoms with E-state index in [0.29, 0.717) is 19.0 Å². The van der Waals surface area contributed by atoms with Crippen molar-refractivity contribution in [3.05, 3.63) is 0 Å². The summed E-state index contributed by atoms with van der Waals surface area (Å²) in [5.74, 6) is 0.604. The number of aliphatic hydroxyl groups is 1. The topological polar surface area (TPSA) is 52.6 Å². The van der Waals surface area contributed by atoms with Crippen LogP contribution in [0.5, 0.6) is 0 Å². The highest BCUT2D eigenvalue weighted by Crippen LogP contribution is 2.25. The Labute approximate surface area is 90.2 Å². The number of urea groups is 1. The third kappa shape index (κ3) is 3.75. The number of aliphatic hydroxyl groups excluding tert-OH is 1. The third-order valence-corrected chi connectivity index (χ3v) is 2.87. The average Bonchev–Trinajstić information content (AvgIpc) is 2.66. The Morgan fingerprint density at radius 1 is 1.50 bits per heavy atom. The predicted molar refractivity (Wildman–Crippen MR) is 58.1 cm³/mol. The molecule has 0 aromatic carbocycles. The fourth-order valence-electron chi connectivity index (χ4n) is 1.77. The van der Waals surface area contributed by atoms with Crippen molar-refractivity contribution >= 4 is 18.8 Å². The van der Waals surface area contributed by atoms with Gasteiger partial charge in [-0.05, 0) is 18.8 Å². The van der Waals surface area contributed by atoms with E-state index in [1.165, 1.54) is 30.0 Å². The van der Waals surface area contributed by atoms with E-state index in [1.54, 1.807) is 0 Å². The first-order valence-electron chi connectivity index (χ1n) is 5.09. The first-order valence-corrected chi connectivity index (χ1v) is 5.49. The zero-order valence-corrected chi connectivity index (χ0v) is 9.17. The lowest BCUT2D eigenvalue weighted by Gasteiger charge is -2.19. The second-order valence-electron chi connectivity index (χ2n) is 3.69. The summed E-state index contributed by atoms with van der Waals surface area (Å²) in [6, 6.07) is -0.214. The molecule has 0 aliphatic heterocycles. The van der Waals surface area contributed by atoms with Gasteiger partial charge in [-0.1, -0.05) is 25.7 Å². The predicted octanol–water partition coefficient (Wildman–Crippen LogP) is 1.03. The van der Waals surface area contributed by atoms with Crippen molar-refractivity contribution < 1.29 is 9.90 Å². The Bertz CT molecular complexity index is 184. The van der Waals surface area contributed by atoms with Crippen LogP contribution < -0.4 is 5.32 Å². The molecule has 4 nitrogen and oxygen atoms in total. The first-order chi connectivity index (χ1) is 6.74. The summed E-state index contributed by atoms with van der Waals surface area (Å²) >= 11 is 4.11. The summed E-state index contributed by atoms with van der Waals surface area (Å²) in [6.07, 6.45) is 4.93. The molecule has 0 saturated heterocycles. The molecule has 1 fully saturated rings. The van der Waals surface area contributed by atoms with Gasteiger partial charge >= 0.3 is 6.03 Å². The van der Waals surface area contributed by atoms with Crippen LogP contribution in [0.1, 0.15) is 25.7 Å². The Morgan fingerprint density at radius 3 is 2.71 bits per heavy atom. The summed E-state index contributed by atoms with van der Waals surface area (Å²) in [7, 11) is 0. The molecular formula is C9H18N2O2S. The number of hydrogen-bond acceptors (Lipinski definition) is 3. The molecule has 2 N–H and O–H groups in total. The monoisotopic (exact) mass is 218 g/mol. The molecule has 0 radical (unpaired) electrons. The molecule has 0 heterocycles. The van der Waals surface area contributed by atoms with Gasteiger partial charge in [0.2, 0.25) is 0 Å². The van der Waals surface area contributed by atoms with Crippen LogP contribution in [0.2, 0.25) is 0 Å². The van der Waals surface area contributed by atoms with Crippen molar-refractivity contribution in [2.45, 2.75) is 25.7 Å². The van der Waals surface area contributed by atoms with E-state index in [0.717, 1.165) is 0 Å². The van der Waals surface area contributed by atoms with Crippen molar-refractivity contribution in [3.63, 3.8) is 0 Å². The van der Waals surface area contributed by atoms with Crippen LogP contribution in [0.4, 0.5) is 4.79 Å². The van der Waals surface area contributed by atoms with E-state index >= 15 is 0 Å². The fourth-order valence-corrected chi connectivity index (χ4v) is 2.08. The van der Waals surface area contributed by atoms with Gasteiger partial charge in [0.25, 0.3) is 0 Å². The Kier molecular flexibility index (Phi) is 5.11. The molecule has 0 aromatic heterocycles. The van der Waals surface area contributed by atoms with Crippen LogP contribution in [0.25, 0.3) is 0 Å². The van der Waals surface area contributed by atoms with Gasteiger partial charge in [-0.25, -0.2) is 4.79 Å². The number of nitrogens with zero attached hydrogens (tertiary/aromatic N) is 1. The highest BCUT2D eigenvalue weighted by molar-refractivity contribution is 7.78. The molecule has 1 aliphatic carbocycles. The smallest absolute Gasteiger partial charge is 0.327 e. The van der Waals surface area contributed by atoms with E-state index in [4.69, 9.17) is 5.11 Å². The summed E-state index contributed by atoms with van der Waals surface area (Å²) in [5, 5.41) is 11.1. The quantitative estimate of drug-likeness (QED) is 0.617. The number of amides is 2. The minimum atomic E-state index is -0.214. The van der Waals surface area contributed by atoms with Gasteiger partial charge in [-0.3, -0.25) is 4.31 Å². The van der Waals surface area contributed by atoms with Gasteiger partial charge in [0, 0.05) is 13.1 Å². The number of rotatable bonds is 4. The van der Waals surface area contributed by atoms with E-state index < -0.39 is 0 Å². The van der Waals surface area contributed by atoms with Gasteiger partial charge in [0.05, 0.1) is 6.61 Å². The van der Waals surface area contributed by atoms with Crippen LogP contribution in [-0.4, -0.2) is 35.1 Å². The first kappa shape index (κ1) is 11.7. The van der Waals surface area contributed by atoms with Gasteiger partial charge in [-0.15, -0.1) is 0 Å². The van der Waals surface area contributed by atoms with Gasteiger partial charge in [-0.2, -0.15) is 0 Å². The molecule has 0 atom stereocenters. The van der Waals surface area contributed by atoms with Crippen LogP contribution >= 0.6 is 12.8 Å². The number of nitrogens with one attached hydrogen (secondary N) is 1. The van der Waals surface area contributed by atoms with Crippen LogP contribution in [-0.2, 0) is 0 Å². The van der Waals surface area contributed by atoms with Gasteiger partial charge < -0.3 is 10.4 Å². The Hall–Kier alpha value is -0.420. The summed E-state index contributed by atoms with van der Waals surface area (Å²) < 4.78 is 1.41. The minimum Gasteiger partial charge on any atom is -0.395 e. The highest BCUT2D eigenvalue weighted by atomic mass is 32.1. The highest BCUT2D eigenvalue weighted by Gasteiger charge is 2.19. The van der Waals surface area contributed by atoms with Crippen molar-refractivity contribution in [1.82, 2.24) is 9.62 Å². The largest absolute Gasteiger partial charge is 0.395 e. The number of hydrogen-bond donors (Lipinski definition) is 3. The maximum Gasteiger partial charge on any atom is 0.327 e. The molecule has 0 spiro atoms. The lowest BCUT2D eigenvalue weighted by atomic mass is 10.1. The molecule has 0 bridgehead atoms.